The Hall–Kier alpha value is -2.03. The number of hydrogen-bond acceptors (Lipinski definition) is 5. The largest absolute Gasteiger partial charge is 0.495 e. The Morgan fingerprint density at radius 1 is 1.11 bits per heavy atom. The molecule has 0 heterocycles. The molecule has 1 amide bonds. The minimum absolute atomic E-state index is 0.0712. The highest BCUT2D eigenvalue weighted by Crippen LogP contribution is 2.29. The van der Waals surface area contributed by atoms with E-state index < -0.39 is 10.0 Å². The zero-order chi connectivity index (χ0) is 20.7. The first kappa shape index (κ1) is 22.3. The van der Waals surface area contributed by atoms with Gasteiger partial charge in [-0.15, -0.1) is 11.8 Å². The number of anilines is 1. The van der Waals surface area contributed by atoms with Crippen molar-refractivity contribution in [3.63, 3.8) is 0 Å². The standard InChI is InChI=1S/C20H26N2O4S2/c1-14(2)22-28(24,25)17-10-11-19(26-4)18(12-17)21-20(23)15(3)27-13-16-8-6-5-7-9-16/h5-12,14-15,22H,13H2,1-4H3,(H,21,23)/t15-/m1/s1. The third kappa shape index (κ3) is 6.25. The zero-order valence-electron chi connectivity index (χ0n) is 16.4. The van der Waals surface area contributed by atoms with Crippen molar-refractivity contribution < 1.29 is 17.9 Å². The number of methoxy groups -OCH3 is 1. The van der Waals surface area contributed by atoms with Crippen LogP contribution in [0.2, 0.25) is 0 Å². The van der Waals surface area contributed by atoms with Crippen LogP contribution in [-0.4, -0.2) is 32.7 Å². The molecule has 1 atom stereocenters. The first-order valence-corrected chi connectivity index (χ1v) is 11.4. The Morgan fingerprint density at radius 3 is 2.39 bits per heavy atom. The fourth-order valence-corrected chi connectivity index (χ4v) is 4.56. The second-order valence-electron chi connectivity index (χ2n) is 6.57. The van der Waals surface area contributed by atoms with Crippen LogP contribution < -0.4 is 14.8 Å². The monoisotopic (exact) mass is 422 g/mol. The fraction of sp³-hybridized carbons (Fsp3) is 0.350. The van der Waals surface area contributed by atoms with Crippen LogP contribution in [0.25, 0.3) is 0 Å². The highest BCUT2D eigenvalue weighted by atomic mass is 32.2. The first-order chi connectivity index (χ1) is 13.2. The summed E-state index contributed by atoms with van der Waals surface area (Å²) in [6.07, 6.45) is 0. The number of carbonyl (C=O) groups is 1. The smallest absolute Gasteiger partial charge is 0.240 e. The summed E-state index contributed by atoms with van der Waals surface area (Å²) in [5, 5.41) is 2.47. The number of hydrogen-bond donors (Lipinski definition) is 2. The van der Waals surface area contributed by atoms with Gasteiger partial charge in [0, 0.05) is 11.8 Å². The molecule has 6 nitrogen and oxygen atoms in total. The molecule has 152 valence electrons. The Balaban J connectivity index is 2.12. The molecule has 8 heteroatoms. The van der Waals surface area contributed by atoms with Gasteiger partial charge in [0.15, 0.2) is 0 Å². The molecule has 2 aromatic carbocycles. The van der Waals surface area contributed by atoms with Gasteiger partial charge in [-0.05, 0) is 44.5 Å². The van der Waals surface area contributed by atoms with Crippen LogP contribution in [0.15, 0.2) is 53.4 Å². The van der Waals surface area contributed by atoms with Crippen molar-refractivity contribution >= 4 is 33.4 Å². The maximum Gasteiger partial charge on any atom is 0.240 e. The van der Waals surface area contributed by atoms with Crippen molar-refractivity contribution in [1.82, 2.24) is 4.72 Å². The number of ether oxygens (including phenoxy) is 1. The van der Waals surface area contributed by atoms with Crippen molar-refractivity contribution in [2.24, 2.45) is 0 Å². The second-order valence-corrected chi connectivity index (χ2v) is 9.61. The molecular weight excluding hydrogens is 396 g/mol. The lowest BCUT2D eigenvalue weighted by Gasteiger charge is -2.16. The predicted octanol–water partition coefficient (Wildman–Crippen LogP) is 3.64. The Kier molecular flexibility index (Phi) is 7.91. The van der Waals surface area contributed by atoms with E-state index in [0.29, 0.717) is 17.2 Å². The molecule has 2 rings (SSSR count). The highest BCUT2D eigenvalue weighted by Gasteiger charge is 2.20. The molecule has 0 aliphatic carbocycles. The summed E-state index contributed by atoms with van der Waals surface area (Å²) >= 11 is 1.51. The number of benzene rings is 2. The summed E-state index contributed by atoms with van der Waals surface area (Å²) in [5.41, 5.74) is 1.46. The summed E-state index contributed by atoms with van der Waals surface area (Å²) < 4.78 is 32.6. The summed E-state index contributed by atoms with van der Waals surface area (Å²) in [4.78, 5) is 12.7. The van der Waals surface area contributed by atoms with Crippen molar-refractivity contribution in [3.05, 3.63) is 54.1 Å². The van der Waals surface area contributed by atoms with Crippen molar-refractivity contribution in [3.8, 4) is 5.75 Å². The van der Waals surface area contributed by atoms with Crippen molar-refractivity contribution in [1.29, 1.82) is 0 Å². The van der Waals surface area contributed by atoms with Crippen molar-refractivity contribution in [2.75, 3.05) is 12.4 Å². The van der Waals surface area contributed by atoms with Crippen LogP contribution in [-0.2, 0) is 20.6 Å². The van der Waals surface area contributed by atoms with Gasteiger partial charge in [-0.2, -0.15) is 0 Å². The molecule has 2 aromatic rings. The summed E-state index contributed by atoms with van der Waals surface area (Å²) in [6, 6.07) is 14.1. The molecule has 0 aliphatic heterocycles. The quantitative estimate of drug-likeness (QED) is 0.644. The summed E-state index contributed by atoms with van der Waals surface area (Å²) in [5.74, 6) is 0.891. The zero-order valence-corrected chi connectivity index (χ0v) is 18.1. The van der Waals surface area contributed by atoms with Gasteiger partial charge in [0.1, 0.15) is 5.75 Å². The maximum absolute atomic E-state index is 12.6. The number of sulfonamides is 1. The minimum Gasteiger partial charge on any atom is -0.495 e. The Bertz CT molecular complexity index is 900. The van der Waals surface area contributed by atoms with E-state index in [1.165, 1.54) is 37.1 Å². The Morgan fingerprint density at radius 2 is 1.79 bits per heavy atom. The fourth-order valence-electron chi connectivity index (χ4n) is 2.44. The van der Waals surface area contributed by atoms with Crippen molar-refractivity contribution in [2.45, 2.75) is 42.7 Å². The number of amides is 1. The molecule has 0 unspecified atom stereocenters. The van der Waals surface area contributed by atoms with Gasteiger partial charge in [0.2, 0.25) is 15.9 Å². The molecule has 0 aromatic heterocycles. The molecule has 0 bridgehead atoms. The van der Waals surface area contributed by atoms with E-state index in [1.807, 2.05) is 37.3 Å². The SMILES string of the molecule is COc1ccc(S(=O)(=O)NC(C)C)cc1NC(=O)[C@@H](C)SCc1ccccc1. The lowest BCUT2D eigenvalue weighted by molar-refractivity contribution is -0.115. The minimum atomic E-state index is -3.67. The van der Waals surface area contributed by atoms with Crippen LogP contribution in [0.5, 0.6) is 5.75 Å². The van der Waals surface area contributed by atoms with Gasteiger partial charge in [0.05, 0.1) is 22.9 Å². The molecule has 28 heavy (non-hydrogen) atoms. The second kappa shape index (κ2) is 9.95. The highest BCUT2D eigenvalue weighted by molar-refractivity contribution is 7.99. The van der Waals surface area contributed by atoms with Gasteiger partial charge < -0.3 is 10.1 Å². The van der Waals surface area contributed by atoms with E-state index in [0.717, 1.165) is 5.56 Å². The van der Waals surface area contributed by atoms with Gasteiger partial charge in [-0.1, -0.05) is 30.3 Å². The molecule has 2 N–H and O–H groups in total. The lowest BCUT2D eigenvalue weighted by atomic mass is 10.2. The average Bonchev–Trinajstić information content (AvgIpc) is 2.65. The maximum atomic E-state index is 12.6. The number of nitrogens with one attached hydrogen (secondary N) is 2. The molecule has 0 aliphatic rings. The number of rotatable bonds is 9. The third-order valence-corrected chi connectivity index (χ3v) is 6.71. The van der Waals surface area contributed by atoms with Crippen LogP contribution >= 0.6 is 11.8 Å². The van der Waals surface area contributed by atoms with E-state index in [1.54, 1.807) is 13.8 Å². The topological polar surface area (TPSA) is 84.5 Å². The lowest BCUT2D eigenvalue weighted by Crippen LogP contribution is -2.30. The van der Waals surface area contributed by atoms with Crippen LogP contribution in [0.1, 0.15) is 26.3 Å². The Labute approximate surface area is 171 Å². The molecular formula is C20H26N2O4S2. The van der Waals surface area contributed by atoms with Gasteiger partial charge in [-0.3, -0.25) is 4.79 Å². The molecule has 0 saturated heterocycles. The molecule has 0 radical (unpaired) electrons. The molecule has 0 spiro atoms. The van der Waals surface area contributed by atoms with E-state index in [4.69, 9.17) is 4.74 Å². The molecule has 0 fully saturated rings. The normalized spacial score (nSPS) is 12.6. The third-order valence-electron chi connectivity index (χ3n) is 3.84. The van der Waals surface area contributed by atoms with E-state index in [-0.39, 0.29) is 22.1 Å². The van der Waals surface area contributed by atoms with E-state index in [9.17, 15) is 13.2 Å². The number of thioether (sulfide) groups is 1. The summed E-state index contributed by atoms with van der Waals surface area (Å²) in [6.45, 7) is 5.31. The first-order valence-electron chi connectivity index (χ1n) is 8.89. The van der Waals surface area contributed by atoms with E-state index in [2.05, 4.69) is 10.0 Å². The van der Waals surface area contributed by atoms with Crippen LogP contribution in [0.4, 0.5) is 5.69 Å². The van der Waals surface area contributed by atoms with Gasteiger partial charge in [0.25, 0.3) is 0 Å². The summed E-state index contributed by atoms with van der Waals surface area (Å²) in [7, 11) is -2.20. The predicted molar refractivity (Wildman–Crippen MR) is 114 cm³/mol. The van der Waals surface area contributed by atoms with Gasteiger partial charge >= 0.3 is 0 Å². The number of carbonyl (C=O) groups excluding carboxylic acids is 1. The van der Waals surface area contributed by atoms with E-state index >= 15 is 0 Å². The van der Waals surface area contributed by atoms with Crippen LogP contribution in [0.3, 0.4) is 0 Å². The average molecular weight is 423 g/mol. The van der Waals surface area contributed by atoms with Crippen LogP contribution in [0, 0.1) is 0 Å². The molecule has 0 saturated carbocycles. The van der Waals surface area contributed by atoms with Gasteiger partial charge in [-0.25, -0.2) is 13.1 Å².